The Balaban J connectivity index is 2.30. The van der Waals surface area contributed by atoms with Crippen molar-refractivity contribution in [2.75, 3.05) is 27.2 Å². The second kappa shape index (κ2) is 3.57. The third kappa shape index (κ3) is 1.83. The molecule has 11 heavy (non-hydrogen) atoms. The third-order valence-corrected chi connectivity index (χ3v) is 1.96. The van der Waals surface area contributed by atoms with Crippen LogP contribution in [-0.2, 0) is 4.74 Å². The van der Waals surface area contributed by atoms with Gasteiger partial charge >= 0.3 is 6.09 Å². The number of amides is 1. The number of rotatable bonds is 3. The van der Waals surface area contributed by atoms with Crippen LogP contribution in [0.15, 0.2) is 0 Å². The molecule has 0 aliphatic carbocycles. The molecule has 1 unspecified atom stereocenters. The summed E-state index contributed by atoms with van der Waals surface area (Å²) in [5, 5.41) is 3.04. The lowest BCUT2D eigenvalue weighted by molar-refractivity contribution is 0.163. The monoisotopic (exact) mass is 158 g/mol. The topological polar surface area (TPSA) is 41.6 Å². The van der Waals surface area contributed by atoms with E-state index in [9.17, 15) is 4.79 Å². The highest BCUT2D eigenvalue weighted by Crippen LogP contribution is 2.11. The quantitative estimate of drug-likeness (QED) is 0.631. The van der Waals surface area contributed by atoms with Crippen LogP contribution in [0.5, 0.6) is 0 Å². The number of nitrogens with one attached hydrogen (secondary N) is 1. The summed E-state index contributed by atoms with van der Waals surface area (Å²) in [5.74, 6) is 0. The highest BCUT2D eigenvalue weighted by atomic mass is 16.6. The molecule has 1 amide bonds. The Morgan fingerprint density at radius 3 is 3.00 bits per heavy atom. The number of carbonyl (C=O) groups is 1. The van der Waals surface area contributed by atoms with Crippen molar-refractivity contribution in [3.63, 3.8) is 0 Å². The molecule has 0 aromatic rings. The molecular weight excluding hydrogens is 144 g/mol. The zero-order valence-electron chi connectivity index (χ0n) is 6.96. The van der Waals surface area contributed by atoms with E-state index < -0.39 is 0 Å². The maximum Gasteiger partial charge on any atom is 0.409 e. The van der Waals surface area contributed by atoms with Crippen molar-refractivity contribution in [2.45, 2.75) is 12.5 Å². The van der Waals surface area contributed by atoms with Crippen molar-refractivity contribution in [3.8, 4) is 0 Å². The first-order valence-electron chi connectivity index (χ1n) is 3.80. The van der Waals surface area contributed by atoms with E-state index in [2.05, 4.69) is 5.32 Å². The highest BCUT2D eigenvalue weighted by Gasteiger charge is 2.28. The van der Waals surface area contributed by atoms with Crippen molar-refractivity contribution >= 4 is 6.09 Å². The molecule has 0 spiro atoms. The van der Waals surface area contributed by atoms with Gasteiger partial charge in [-0.1, -0.05) is 0 Å². The first-order chi connectivity index (χ1) is 5.25. The van der Waals surface area contributed by atoms with Crippen molar-refractivity contribution in [1.29, 1.82) is 0 Å². The van der Waals surface area contributed by atoms with Crippen molar-refractivity contribution in [1.82, 2.24) is 10.2 Å². The number of hydrogen-bond donors (Lipinski definition) is 1. The lowest BCUT2D eigenvalue weighted by atomic mass is 10.2. The van der Waals surface area contributed by atoms with Crippen LogP contribution in [0.25, 0.3) is 0 Å². The maximum atomic E-state index is 10.8. The summed E-state index contributed by atoms with van der Waals surface area (Å²) in [4.78, 5) is 12.5. The van der Waals surface area contributed by atoms with Gasteiger partial charge in [0, 0.05) is 7.05 Å². The van der Waals surface area contributed by atoms with Gasteiger partial charge in [0.05, 0.1) is 6.04 Å². The summed E-state index contributed by atoms with van der Waals surface area (Å²) >= 11 is 0. The summed E-state index contributed by atoms with van der Waals surface area (Å²) in [7, 11) is 3.67. The molecule has 0 aromatic carbocycles. The van der Waals surface area contributed by atoms with Gasteiger partial charge < -0.3 is 15.0 Å². The fourth-order valence-corrected chi connectivity index (χ4v) is 1.12. The average Bonchev–Trinajstić information content (AvgIpc) is 2.31. The molecule has 0 aromatic heterocycles. The van der Waals surface area contributed by atoms with Crippen LogP contribution in [0, 0.1) is 0 Å². The minimum atomic E-state index is -0.203. The number of hydrogen-bond acceptors (Lipinski definition) is 3. The Kier molecular flexibility index (Phi) is 2.70. The number of carbonyl (C=O) groups excluding carboxylic acids is 1. The number of ether oxygens (including phenoxy) is 1. The first-order valence-corrected chi connectivity index (χ1v) is 3.80. The van der Waals surface area contributed by atoms with Crippen LogP contribution in [0.1, 0.15) is 6.42 Å². The SMILES string of the molecule is CNCCC1COC(=O)N1C. The lowest BCUT2D eigenvalue weighted by Gasteiger charge is -2.14. The highest BCUT2D eigenvalue weighted by molar-refractivity contribution is 5.69. The van der Waals surface area contributed by atoms with E-state index in [-0.39, 0.29) is 12.1 Å². The summed E-state index contributed by atoms with van der Waals surface area (Å²) in [6.45, 7) is 1.46. The van der Waals surface area contributed by atoms with E-state index in [1.807, 2.05) is 7.05 Å². The summed E-state index contributed by atoms with van der Waals surface area (Å²) < 4.78 is 4.83. The number of likely N-dealkylation sites (N-methyl/N-ethyl adjacent to an activating group) is 1. The van der Waals surface area contributed by atoms with E-state index >= 15 is 0 Å². The standard InChI is InChI=1S/C7H14N2O2/c1-8-4-3-6-5-11-7(10)9(6)2/h6,8H,3-5H2,1-2H3. The van der Waals surface area contributed by atoms with Crippen LogP contribution in [0.4, 0.5) is 4.79 Å². The summed E-state index contributed by atoms with van der Waals surface area (Å²) in [5.41, 5.74) is 0. The van der Waals surface area contributed by atoms with Crippen LogP contribution in [-0.4, -0.2) is 44.3 Å². The predicted octanol–water partition coefficient (Wildman–Crippen LogP) is 0.0465. The molecule has 4 heteroatoms. The van der Waals surface area contributed by atoms with Gasteiger partial charge in [0.2, 0.25) is 0 Å². The fourth-order valence-electron chi connectivity index (χ4n) is 1.12. The normalized spacial score (nSPS) is 24.0. The zero-order valence-corrected chi connectivity index (χ0v) is 6.96. The van der Waals surface area contributed by atoms with Gasteiger partial charge in [-0.05, 0) is 20.0 Å². The molecule has 1 saturated heterocycles. The molecule has 1 heterocycles. The largest absolute Gasteiger partial charge is 0.447 e. The molecule has 1 rings (SSSR count). The zero-order chi connectivity index (χ0) is 8.27. The molecule has 4 nitrogen and oxygen atoms in total. The number of cyclic esters (lactones) is 1. The lowest BCUT2D eigenvalue weighted by Crippen LogP contribution is -2.31. The first kappa shape index (κ1) is 8.33. The van der Waals surface area contributed by atoms with E-state index in [0.29, 0.717) is 6.61 Å². The van der Waals surface area contributed by atoms with Crippen LogP contribution < -0.4 is 5.32 Å². The molecule has 1 atom stereocenters. The minimum absolute atomic E-state index is 0.203. The molecule has 1 fully saturated rings. The second-order valence-electron chi connectivity index (χ2n) is 2.73. The average molecular weight is 158 g/mol. The minimum Gasteiger partial charge on any atom is -0.447 e. The number of nitrogens with zero attached hydrogens (tertiary/aromatic N) is 1. The van der Waals surface area contributed by atoms with Gasteiger partial charge in [-0.25, -0.2) is 4.79 Å². The van der Waals surface area contributed by atoms with Gasteiger partial charge in [0.1, 0.15) is 6.61 Å². The molecule has 1 aliphatic heterocycles. The van der Waals surface area contributed by atoms with Crippen LogP contribution in [0.3, 0.4) is 0 Å². The molecule has 0 bridgehead atoms. The third-order valence-electron chi connectivity index (χ3n) is 1.96. The summed E-state index contributed by atoms with van der Waals surface area (Å²) in [6, 6.07) is 0.259. The maximum absolute atomic E-state index is 10.8. The fraction of sp³-hybridized carbons (Fsp3) is 0.857. The van der Waals surface area contributed by atoms with E-state index in [0.717, 1.165) is 13.0 Å². The van der Waals surface area contributed by atoms with E-state index in [1.54, 1.807) is 11.9 Å². The van der Waals surface area contributed by atoms with Crippen molar-refractivity contribution in [2.24, 2.45) is 0 Å². The van der Waals surface area contributed by atoms with Crippen molar-refractivity contribution in [3.05, 3.63) is 0 Å². The van der Waals surface area contributed by atoms with E-state index in [1.165, 1.54) is 0 Å². The molecule has 64 valence electrons. The molecule has 0 saturated carbocycles. The van der Waals surface area contributed by atoms with E-state index in [4.69, 9.17) is 4.74 Å². The molecule has 1 N–H and O–H groups in total. The van der Waals surface area contributed by atoms with Crippen LogP contribution >= 0.6 is 0 Å². The van der Waals surface area contributed by atoms with Crippen LogP contribution in [0.2, 0.25) is 0 Å². The summed E-state index contributed by atoms with van der Waals surface area (Å²) in [6.07, 6.45) is 0.754. The van der Waals surface area contributed by atoms with Gasteiger partial charge in [0.25, 0.3) is 0 Å². The Morgan fingerprint density at radius 1 is 1.82 bits per heavy atom. The smallest absolute Gasteiger partial charge is 0.409 e. The van der Waals surface area contributed by atoms with Gasteiger partial charge in [-0.3, -0.25) is 0 Å². The van der Waals surface area contributed by atoms with Gasteiger partial charge in [-0.15, -0.1) is 0 Å². The van der Waals surface area contributed by atoms with Crippen molar-refractivity contribution < 1.29 is 9.53 Å². The molecule has 1 aliphatic rings. The molecular formula is C7H14N2O2. The Hall–Kier alpha value is -0.770. The predicted molar refractivity (Wildman–Crippen MR) is 41.4 cm³/mol. The van der Waals surface area contributed by atoms with Gasteiger partial charge in [0.15, 0.2) is 0 Å². The van der Waals surface area contributed by atoms with Gasteiger partial charge in [-0.2, -0.15) is 0 Å². The Labute approximate surface area is 66.5 Å². The second-order valence-corrected chi connectivity index (χ2v) is 2.73. The molecule has 0 radical (unpaired) electrons. The Morgan fingerprint density at radius 2 is 2.55 bits per heavy atom. The Bertz CT molecular complexity index is 149.